The van der Waals surface area contributed by atoms with Crippen molar-refractivity contribution in [2.24, 2.45) is 17.8 Å². The number of methoxy groups -OCH3 is 1. The van der Waals surface area contributed by atoms with Crippen molar-refractivity contribution in [1.29, 1.82) is 0 Å². The minimum Gasteiger partial charge on any atom is -0.464 e. The molecule has 0 radical (unpaired) electrons. The molecule has 1 amide bonds. The monoisotopic (exact) mass is 299 g/mol. The molecule has 0 aromatic rings. The maximum absolute atomic E-state index is 12.2. The van der Waals surface area contributed by atoms with E-state index in [0.717, 1.165) is 24.8 Å². The fourth-order valence-corrected chi connectivity index (χ4v) is 4.29. The van der Waals surface area contributed by atoms with E-state index in [0.29, 0.717) is 5.70 Å². The van der Waals surface area contributed by atoms with Gasteiger partial charge in [-0.25, -0.2) is 4.79 Å². The lowest BCUT2D eigenvalue weighted by Gasteiger charge is -2.47. The molecule has 1 saturated heterocycles. The van der Waals surface area contributed by atoms with Crippen LogP contribution in [-0.2, 0) is 14.3 Å². The van der Waals surface area contributed by atoms with Crippen molar-refractivity contribution in [2.75, 3.05) is 7.11 Å². The maximum Gasteiger partial charge on any atom is 0.354 e. The number of β-lactam (4-membered cyclic amide) rings is 1. The van der Waals surface area contributed by atoms with Crippen molar-refractivity contribution in [3.63, 3.8) is 0 Å². The zero-order chi connectivity index (χ0) is 14.6. The van der Waals surface area contributed by atoms with E-state index in [1.54, 1.807) is 0 Å². The van der Waals surface area contributed by atoms with E-state index in [2.05, 4.69) is 6.92 Å². The minimum absolute atomic E-state index is 0.129. The lowest BCUT2D eigenvalue weighted by atomic mass is 9.71. The summed E-state index contributed by atoms with van der Waals surface area (Å²) in [5.41, 5.74) is 0.216. The lowest BCUT2D eigenvalue weighted by Crippen LogP contribution is -2.63. The van der Waals surface area contributed by atoms with E-state index >= 15 is 0 Å². The molecule has 0 bridgehead atoms. The van der Waals surface area contributed by atoms with Crippen LogP contribution in [0.4, 0.5) is 0 Å². The summed E-state index contributed by atoms with van der Waals surface area (Å²) in [5, 5.41) is 9.61. The maximum atomic E-state index is 12.2. The van der Waals surface area contributed by atoms with Crippen LogP contribution >= 0.6 is 11.6 Å². The molecule has 1 aliphatic carbocycles. The van der Waals surface area contributed by atoms with Crippen LogP contribution in [0.1, 0.15) is 26.2 Å². The lowest BCUT2D eigenvalue weighted by molar-refractivity contribution is -0.161. The highest BCUT2D eigenvalue weighted by atomic mass is 35.5. The Morgan fingerprint density at radius 2 is 2.20 bits per heavy atom. The van der Waals surface area contributed by atoms with Crippen LogP contribution in [0.2, 0.25) is 0 Å². The Labute approximate surface area is 122 Å². The van der Waals surface area contributed by atoms with Crippen molar-refractivity contribution in [1.82, 2.24) is 4.90 Å². The zero-order valence-electron chi connectivity index (χ0n) is 11.5. The number of esters is 1. The van der Waals surface area contributed by atoms with E-state index < -0.39 is 17.5 Å². The first-order chi connectivity index (χ1) is 9.49. The van der Waals surface area contributed by atoms with Gasteiger partial charge >= 0.3 is 5.97 Å². The van der Waals surface area contributed by atoms with E-state index in [9.17, 15) is 14.7 Å². The summed E-state index contributed by atoms with van der Waals surface area (Å²) in [7, 11) is 1.32. The quantitative estimate of drug-likeness (QED) is 0.473. The van der Waals surface area contributed by atoms with Crippen molar-refractivity contribution < 1.29 is 19.4 Å². The second-order valence-electron chi connectivity index (χ2n) is 5.83. The first-order valence-corrected chi connectivity index (χ1v) is 7.40. The van der Waals surface area contributed by atoms with Gasteiger partial charge in [-0.2, -0.15) is 0 Å². The second-order valence-corrected chi connectivity index (χ2v) is 6.28. The summed E-state index contributed by atoms with van der Waals surface area (Å²) >= 11 is 5.74. The highest BCUT2D eigenvalue weighted by Crippen LogP contribution is 2.54. The van der Waals surface area contributed by atoms with Gasteiger partial charge in [-0.3, -0.25) is 4.79 Å². The standard InChI is InChI=1S/C14H18ClNO4/c1-6-4-3-5-7-8(6)11(14(19)20-2)16-10(7)9(12(15)17)13(16)18/h6-7,9-10,12,17H,3-5H2,1-2H3. The number of nitrogens with zero attached hydrogens (tertiary/aromatic N) is 1. The molecule has 0 aromatic heterocycles. The topological polar surface area (TPSA) is 66.8 Å². The van der Waals surface area contributed by atoms with Crippen molar-refractivity contribution in [2.45, 2.75) is 37.8 Å². The Kier molecular flexibility index (Phi) is 3.29. The number of aliphatic hydroxyl groups is 1. The Morgan fingerprint density at radius 1 is 1.50 bits per heavy atom. The smallest absolute Gasteiger partial charge is 0.354 e. The van der Waals surface area contributed by atoms with Crippen LogP contribution < -0.4 is 0 Å². The number of fused-ring (bicyclic) bond motifs is 3. The van der Waals surface area contributed by atoms with Gasteiger partial charge in [0.1, 0.15) is 11.3 Å². The molecule has 2 heterocycles. The van der Waals surface area contributed by atoms with Crippen molar-refractivity contribution in [3.05, 3.63) is 11.3 Å². The number of carbonyl (C=O) groups is 2. The van der Waals surface area contributed by atoms with Gasteiger partial charge in [0.05, 0.1) is 19.1 Å². The molecule has 3 aliphatic rings. The van der Waals surface area contributed by atoms with Crippen LogP contribution in [0.5, 0.6) is 0 Å². The van der Waals surface area contributed by atoms with Gasteiger partial charge in [-0.15, -0.1) is 0 Å². The molecular weight excluding hydrogens is 282 g/mol. The largest absolute Gasteiger partial charge is 0.464 e. The first kappa shape index (κ1) is 13.9. The molecule has 110 valence electrons. The van der Waals surface area contributed by atoms with Crippen molar-refractivity contribution in [3.8, 4) is 0 Å². The first-order valence-electron chi connectivity index (χ1n) is 6.96. The number of hydrogen-bond donors (Lipinski definition) is 1. The van der Waals surface area contributed by atoms with Gasteiger partial charge < -0.3 is 14.7 Å². The third kappa shape index (κ3) is 1.66. The third-order valence-corrected chi connectivity index (χ3v) is 5.14. The van der Waals surface area contributed by atoms with E-state index in [1.807, 2.05) is 0 Å². The summed E-state index contributed by atoms with van der Waals surface area (Å²) in [6.07, 6.45) is 3.00. The SMILES string of the molecule is COC(=O)C1=C2C(C)CCCC2C2C(C(O)Cl)C(=O)N12. The number of rotatable bonds is 2. The third-order valence-electron chi connectivity index (χ3n) is 4.87. The molecule has 2 fully saturated rings. The zero-order valence-corrected chi connectivity index (χ0v) is 12.3. The average molecular weight is 300 g/mol. The van der Waals surface area contributed by atoms with Crippen LogP contribution in [0.3, 0.4) is 0 Å². The highest BCUT2D eigenvalue weighted by Gasteiger charge is 2.62. The summed E-state index contributed by atoms with van der Waals surface area (Å²) < 4.78 is 4.84. The van der Waals surface area contributed by atoms with E-state index in [1.165, 1.54) is 12.0 Å². The number of alkyl halides is 1. The van der Waals surface area contributed by atoms with E-state index in [-0.39, 0.29) is 23.8 Å². The highest BCUT2D eigenvalue weighted by molar-refractivity contribution is 6.22. The minimum atomic E-state index is -1.20. The number of amides is 1. The Balaban J connectivity index is 2.04. The average Bonchev–Trinajstić information content (AvgIpc) is 2.69. The Bertz CT molecular complexity index is 501. The van der Waals surface area contributed by atoms with Gasteiger partial charge in [0.15, 0.2) is 0 Å². The molecule has 5 nitrogen and oxygen atoms in total. The number of ether oxygens (including phenoxy) is 1. The van der Waals surface area contributed by atoms with Gasteiger partial charge in [-0.05, 0) is 24.3 Å². The van der Waals surface area contributed by atoms with Gasteiger partial charge in [0.2, 0.25) is 5.91 Å². The summed E-state index contributed by atoms with van der Waals surface area (Å²) in [4.78, 5) is 25.8. The molecule has 3 rings (SSSR count). The molecule has 1 N–H and O–H groups in total. The van der Waals surface area contributed by atoms with E-state index in [4.69, 9.17) is 16.3 Å². The summed E-state index contributed by atoms with van der Waals surface area (Å²) in [5.74, 6) is -0.952. The molecule has 5 unspecified atom stereocenters. The van der Waals surface area contributed by atoms with Crippen LogP contribution in [0.25, 0.3) is 0 Å². The molecule has 6 heteroatoms. The second kappa shape index (κ2) is 4.74. The molecule has 0 aromatic carbocycles. The van der Waals surface area contributed by atoms with Gasteiger partial charge in [0.25, 0.3) is 0 Å². The van der Waals surface area contributed by atoms with Gasteiger partial charge in [-0.1, -0.05) is 24.9 Å². The van der Waals surface area contributed by atoms with Crippen LogP contribution in [-0.4, -0.2) is 40.6 Å². The molecular formula is C14H18ClNO4. The Hall–Kier alpha value is -1.07. The fourth-order valence-electron chi connectivity index (χ4n) is 4.04. The molecule has 2 aliphatic heterocycles. The summed E-state index contributed by atoms with van der Waals surface area (Å²) in [6.45, 7) is 2.08. The number of aliphatic hydroxyl groups excluding tert-OH is 1. The molecule has 1 saturated carbocycles. The van der Waals surface area contributed by atoms with Gasteiger partial charge in [0, 0.05) is 5.92 Å². The normalized spacial score (nSPS) is 37.2. The van der Waals surface area contributed by atoms with Crippen LogP contribution in [0, 0.1) is 17.8 Å². The molecule has 0 spiro atoms. The number of halogens is 1. The molecule has 5 atom stereocenters. The number of carbonyl (C=O) groups excluding carboxylic acids is 2. The van der Waals surface area contributed by atoms with Crippen molar-refractivity contribution >= 4 is 23.5 Å². The Morgan fingerprint density at radius 3 is 2.80 bits per heavy atom. The fraction of sp³-hybridized carbons (Fsp3) is 0.714. The summed E-state index contributed by atoms with van der Waals surface area (Å²) in [6, 6.07) is -0.179. The molecule has 20 heavy (non-hydrogen) atoms. The van der Waals surface area contributed by atoms with Crippen LogP contribution in [0.15, 0.2) is 11.3 Å². The number of hydrogen-bond acceptors (Lipinski definition) is 4. The predicted octanol–water partition coefficient (Wildman–Crippen LogP) is 1.25. The predicted molar refractivity (Wildman–Crippen MR) is 71.5 cm³/mol.